The fourth-order valence-corrected chi connectivity index (χ4v) is 3.22. The van der Waals surface area contributed by atoms with E-state index in [0.717, 1.165) is 36.4 Å². The van der Waals surface area contributed by atoms with Crippen molar-refractivity contribution in [3.8, 4) is 0 Å². The van der Waals surface area contributed by atoms with Gasteiger partial charge in [-0.3, -0.25) is 0 Å². The summed E-state index contributed by atoms with van der Waals surface area (Å²) >= 11 is 11.9. The number of pyridine rings is 1. The van der Waals surface area contributed by atoms with Crippen LogP contribution in [0, 0.1) is 0 Å². The van der Waals surface area contributed by atoms with Gasteiger partial charge in [0.2, 0.25) is 0 Å². The van der Waals surface area contributed by atoms with Crippen LogP contribution in [0.25, 0.3) is 11.2 Å². The van der Waals surface area contributed by atoms with E-state index in [1.54, 1.807) is 6.20 Å². The molecule has 2 aromatic heterocycles. The molecule has 0 spiro atoms. The van der Waals surface area contributed by atoms with E-state index in [1.807, 2.05) is 6.07 Å². The monoisotopic (exact) mass is 313 g/mol. The molecule has 0 aromatic carbocycles. The van der Waals surface area contributed by atoms with Crippen LogP contribution in [-0.4, -0.2) is 33.6 Å². The minimum absolute atomic E-state index is 0.116. The molecule has 3 heterocycles. The fourth-order valence-electron chi connectivity index (χ4n) is 2.90. The van der Waals surface area contributed by atoms with Gasteiger partial charge in [0.05, 0.1) is 17.2 Å². The molecule has 108 valence electrons. The maximum absolute atomic E-state index is 6.02. The molecule has 6 heteroatoms. The lowest BCUT2D eigenvalue weighted by atomic mass is 9.94. The number of nitrogens with zero attached hydrogens (tertiary/aromatic N) is 3. The Labute approximate surface area is 128 Å². The van der Waals surface area contributed by atoms with E-state index in [-0.39, 0.29) is 5.54 Å². The molecule has 20 heavy (non-hydrogen) atoms. The van der Waals surface area contributed by atoms with Gasteiger partial charge in [-0.25, -0.2) is 9.97 Å². The molecule has 2 aromatic rings. The van der Waals surface area contributed by atoms with Crippen LogP contribution in [0.3, 0.4) is 0 Å². The third-order valence-corrected chi connectivity index (χ3v) is 4.20. The molecule has 0 bridgehead atoms. The van der Waals surface area contributed by atoms with Gasteiger partial charge < -0.3 is 9.30 Å². The zero-order valence-electron chi connectivity index (χ0n) is 11.4. The molecule has 1 unspecified atom stereocenters. The first kappa shape index (κ1) is 14.1. The van der Waals surface area contributed by atoms with Gasteiger partial charge in [0.15, 0.2) is 5.65 Å². The largest absolute Gasteiger partial charge is 0.379 e. The van der Waals surface area contributed by atoms with E-state index < -0.39 is 0 Å². The Balaban J connectivity index is 2.17. The number of alkyl halides is 1. The predicted molar refractivity (Wildman–Crippen MR) is 80.7 cm³/mol. The Morgan fingerprint density at radius 1 is 1.50 bits per heavy atom. The lowest BCUT2D eigenvalue weighted by molar-refractivity contribution is 0.00997. The van der Waals surface area contributed by atoms with Crippen molar-refractivity contribution in [2.24, 2.45) is 0 Å². The number of aryl methyl sites for hydroxylation is 1. The molecule has 4 nitrogen and oxygen atoms in total. The SMILES string of the molecule is CC1(n2c(CCCl)nc3cc(Cl)cnc32)CCCOC1. The normalized spacial score (nSPS) is 23.4. The van der Waals surface area contributed by atoms with Gasteiger partial charge in [0.1, 0.15) is 11.3 Å². The molecule has 1 aliphatic heterocycles. The Hall–Kier alpha value is -0.840. The third-order valence-electron chi connectivity index (χ3n) is 3.81. The first-order valence-electron chi connectivity index (χ1n) is 6.81. The lowest BCUT2D eigenvalue weighted by Crippen LogP contribution is -2.40. The summed E-state index contributed by atoms with van der Waals surface area (Å²) in [5.41, 5.74) is 1.57. The number of hydrogen-bond donors (Lipinski definition) is 0. The van der Waals surface area contributed by atoms with Crippen molar-refractivity contribution in [2.45, 2.75) is 31.7 Å². The molecule has 1 fully saturated rings. The Bertz CT molecular complexity index is 620. The summed E-state index contributed by atoms with van der Waals surface area (Å²) < 4.78 is 7.87. The number of fused-ring (bicyclic) bond motifs is 1. The van der Waals surface area contributed by atoms with Crippen LogP contribution < -0.4 is 0 Å². The van der Waals surface area contributed by atoms with Gasteiger partial charge in [0.25, 0.3) is 0 Å². The highest BCUT2D eigenvalue weighted by Crippen LogP contribution is 2.32. The molecule has 0 saturated carbocycles. The van der Waals surface area contributed by atoms with E-state index in [0.29, 0.717) is 23.9 Å². The maximum Gasteiger partial charge on any atom is 0.160 e. The van der Waals surface area contributed by atoms with Crippen molar-refractivity contribution in [2.75, 3.05) is 19.1 Å². The van der Waals surface area contributed by atoms with Gasteiger partial charge in [-0.2, -0.15) is 0 Å². The highest BCUT2D eigenvalue weighted by Gasteiger charge is 2.33. The van der Waals surface area contributed by atoms with Gasteiger partial charge in [-0.05, 0) is 25.8 Å². The molecular formula is C14H17Cl2N3O. The van der Waals surface area contributed by atoms with Crippen molar-refractivity contribution < 1.29 is 4.74 Å². The number of hydrogen-bond acceptors (Lipinski definition) is 3. The summed E-state index contributed by atoms with van der Waals surface area (Å²) in [6.07, 6.45) is 4.48. The van der Waals surface area contributed by atoms with Crippen molar-refractivity contribution in [3.63, 3.8) is 0 Å². The predicted octanol–water partition coefficient (Wildman–Crippen LogP) is 3.39. The number of rotatable bonds is 3. The van der Waals surface area contributed by atoms with E-state index in [9.17, 15) is 0 Å². The van der Waals surface area contributed by atoms with E-state index in [2.05, 4.69) is 21.5 Å². The van der Waals surface area contributed by atoms with Gasteiger partial charge in [0, 0.05) is 25.1 Å². The van der Waals surface area contributed by atoms with Crippen LogP contribution >= 0.6 is 23.2 Å². The number of aromatic nitrogens is 3. The zero-order valence-corrected chi connectivity index (χ0v) is 12.9. The van der Waals surface area contributed by atoms with Crippen molar-refractivity contribution in [1.29, 1.82) is 0 Å². The second-order valence-electron chi connectivity index (χ2n) is 5.45. The van der Waals surface area contributed by atoms with E-state index in [1.165, 1.54) is 0 Å². The summed E-state index contributed by atoms with van der Waals surface area (Å²) in [6.45, 7) is 3.70. The molecule has 1 aliphatic rings. The van der Waals surface area contributed by atoms with Gasteiger partial charge in [-0.1, -0.05) is 11.6 Å². The smallest absolute Gasteiger partial charge is 0.160 e. The van der Waals surface area contributed by atoms with E-state index in [4.69, 9.17) is 27.9 Å². The van der Waals surface area contributed by atoms with Crippen LogP contribution in [0.5, 0.6) is 0 Å². The summed E-state index contributed by atoms with van der Waals surface area (Å²) in [5.74, 6) is 1.49. The number of ether oxygens (including phenoxy) is 1. The second-order valence-corrected chi connectivity index (χ2v) is 6.27. The first-order chi connectivity index (χ1) is 9.64. The molecule has 0 N–H and O–H groups in total. The minimum atomic E-state index is -0.116. The highest BCUT2D eigenvalue weighted by atomic mass is 35.5. The van der Waals surface area contributed by atoms with Crippen molar-refractivity contribution >= 4 is 34.4 Å². The van der Waals surface area contributed by atoms with Crippen LogP contribution in [0.4, 0.5) is 0 Å². The van der Waals surface area contributed by atoms with Crippen LogP contribution in [0.1, 0.15) is 25.6 Å². The molecule has 1 atom stereocenters. The quantitative estimate of drug-likeness (QED) is 0.815. The lowest BCUT2D eigenvalue weighted by Gasteiger charge is -2.36. The third kappa shape index (κ3) is 2.41. The Morgan fingerprint density at radius 2 is 2.35 bits per heavy atom. The van der Waals surface area contributed by atoms with Crippen LogP contribution in [0.2, 0.25) is 5.02 Å². The van der Waals surface area contributed by atoms with Crippen molar-refractivity contribution in [1.82, 2.24) is 14.5 Å². The summed E-state index contributed by atoms with van der Waals surface area (Å²) in [6, 6.07) is 1.85. The number of halogens is 2. The van der Waals surface area contributed by atoms with E-state index >= 15 is 0 Å². The van der Waals surface area contributed by atoms with Crippen LogP contribution in [0.15, 0.2) is 12.3 Å². The summed E-state index contributed by atoms with van der Waals surface area (Å²) in [7, 11) is 0. The maximum atomic E-state index is 6.02. The fraction of sp³-hybridized carbons (Fsp3) is 0.571. The standard InChI is InChI=1S/C14H17Cl2N3O/c1-14(4-2-6-20-9-14)19-12(3-5-15)18-11-7-10(16)8-17-13(11)19/h7-8H,2-6,9H2,1H3. The molecule has 0 amide bonds. The number of imidazole rings is 1. The topological polar surface area (TPSA) is 39.9 Å². The zero-order chi connectivity index (χ0) is 14.2. The molecule has 0 radical (unpaired) electrons. The first-order valence-corrected chi connectivity index (χ1v) is 7.72. The Morgan fingerprint density at radius 3 is 3.05 bits per heavy atom. The summed E-state index contributed by atoms with van der Waals surface area (Å²) in [4.78, 5) is 9.13. The molecular weight excluding hydrogens is 297 g/mol. The molecule has 0 aliphatic carbocycles. The van der Waals surface area contributed by atoms with Gasteiger partial charge in [-0.15, -0.1) is 11.6 Å². The molecule has 3 rings (SSSR count). The van der Waals surface area contributed by atoms with Gasteiger partial charge >= 0.3 is 0 Å². The Kier molecular flexibility index (Phi) is 3.89. The average molecular weight is 314 g/mol. The minimum Gasteiger partial charge on any atom is -0.379 e. The average Bonchev–Trinajstić information content (AvgIpc) is 2.77. The van der Waals surface area contributed by atoms with Crippen LogP contribution in [-0.2, 0) is 16.7 Å². The molecule has 1 saturated heterocycles. The second kappa shape index (κ2) is 5.51. The summed E-state index contributed by atoms with van der Waals surface area (Å²) in [5, 5.41) is 0.602. The highest BCUT2D eigenvalue weighted by molar-refractivity contribution is 6.31. The van der Waals surface area contributed by atoms with Crippen molar-refractivity contribution in [3.05, 3.63) is 23.1 Å².